The maximum absolute atomic E-state index is 13.1. The van der Waals surface area contributed by atoms with Gasteiger partial charge in [-0.25, -0.2) is 0 Å². The van der Waals surface area contributed by atoms with Crippen LogP contribution in [0, 0.1) is 18.3 Å². The third-order valence-corrected chi connectivity index (χ3v) is 7.02. The summed E-state index contributed by atoms with van der Waals surface area (Å²) in [5.74, 6) is 1.08. The monoisotopic (exact) mass is 512 g/mol. The van der Waals surface area contributed by atoms with Gasteiger partial charge in [0.25, 0.3) is 11.5 Å². The van der Waals surface area contributed by atoms with Crippen molar-refractivity contribution in [2.24, 2.45) is 7.05 Å². The van der Waals surface area contributed by atoms with Crippen LogP contribution in [0.15, 0.2) is 34.0 Å². The summed E-state index contributed by atoms with van der Waals surface area (Å²) in [5, 5.41) is 12.9. The first-order chi connectivity index (χ1) is 16.8. The van der Waals surface area contributed by atoms with Crippen molar-refractivity contribution in [3.8, 4) is 11.8 Å². The molecule has 0 saturated carbocycles. The van der Waals surface area contributed by atoms with Crippen molar-refractivity contribution in [2.75, 3.05) is 32.2 Å². The van der Waals surface area contributed by atoms with E-state index in [0.29, 0.717) is 58.9 Å². The molecule has 1 aliphatic heterocycles. The van der Waals surface area contributed by atoms with Crippen LogP contribution >= 0.6 is 24.0 Å². The molecule has 1 saturated heterocycles. The molecule has 2 heterocycles. The zero-order chi connectivity index (χ0) is 25.5. The number of thiocarbonyl (C=S) groups is 1. The van der Waals surface area contributed by atoms with Gasteiger partial charge in [0.15, 0.2) is 0 Å². The van der Waals surface area contributed by atoms with Gasteiger partial charge in [-0.15, -0.1) is 0 Å². The van der Waals surface area contributed by atoms with E-state index in [0.717, 1.165) is 11.3 Å². The lowest BCUT2D eigenvalue weighted by molar-refractivity contribution is -0.122. The minimum atomic E-state index is -0.400. The van der Waals surface area contributed by atoms with Crippen molar-refractivity contribution in [2.45, 2.75) is 26.8 Å². The van der Waals surface area contributed by atoms with Gasteiger partial charge in [-0.1, -0.05) is 36.1 Å². The van der Waals surface area contributed by atoms with Gasteiger partial charge < -0.3 is 14.8 Å². The van der Waals surface area contributed by atoms with Crippen LogP contribution in [0.5, 0.6) is 5.75 Å². The Morgan fingerprint density at radius 3 is 2.60 bits per heavy atom. The number of carbonyl (C=O) groups excluding carboxylic acids is 1. The molecule has 0 radical (unpaired) electrons. The fraction of sp³-hybridized carbons (Fsp3) is 0.360. The number of anilines is 1. The SMILES string of the molecule is CCOCCCN1C(=O)/C(=C\c2c(C)c(C#N)c(=O)n(C)c2NCc2ccc(OC)cc2)SC1=S. The van der Waals surface area contributed by atoms with Crippen LogP contribution in [-0.2, 0) is 23.1 Å². The van der Waals surface area contributed by atoms with Gasteiger partial charge in [0.2, 0.25) is 0 Å². The number of benzene rings is 1. The summed E-state index contributed by atoms with van der Waals surface area (Å²) in [5.41, 5.74) is 1.73. The summed E-state index contributed by atoms with van der Waals surface area (Å²) >= 11 is 6.65. The molecule has 0 aliphatic carbocycles. The molecule has 8 nitrogen and oxygen atoms in total. The van der Waals surface area contributed by atoms with Crippen LogP contribution in [0.2, 0.25) is 0 Å². The number of ether oxygens (including phenoxy) is 2. The minimum Gasteiger partial charge on any atom is -0.497 e. The van der Waals surface area contributed by atoms with E-state index in [-0.39, 0.29) is 11.5 Å². The van der Waals surface area contributed by atoms with E-state index in [9.17, 15) is 14.9 Å². The average molecular weight is 513 g/mol. The number of methoxy groups -OCH3 is 1. The van der Waals surface area contributed by atoms with E-state index < -0.39 is 5.56 Å². The van der Waals surface area contributed by atoms with Crippen molar-refractivity contribution in [3.63, 3.8) is 0 Å². The number of amides is 1. The average Bonchev–Trinajstić information content (AvgIpc) is 3.12. The molecule has 35 heavy (non-hydrogen) atoms. The van der Waals surface area contributed by atoms with Crippen LogP contribution in [0.3, 0.4) is 0 Å². The summed E-state index contributed by atoms with van der Waals surface area (Å²) in [6.45, 7) is 5.72. The van der Waals surface area contributed by atoms with Crippen molar-refractivity contribution >= 4 is 46.1 Å². The predicted molar refractivity (Wildman–Crippen MR) is 142 cm³/mol. The Morgan fingerprint density at radius 1 is 1.26 bits per heavy atom. The Hall–Kier alpha value is -3.13. The van der Waals surface area contributed by atoms with Gasteiger partial charge in [0.05, 0.1) is 12.0 Å². The molecule has 0 atom stereocenters. The first-order valence-corrected chi connectivity index (χ1v) is 12.4. The second kappa shape index (κ2) is 12.0. The van der Waals surface area contributed by atoms with E-state index in [1.807, 2.05) is 37.3 Å². The third-order valence-electron chi connectivity index (χ3n) is 5.64. The highest BCUT2D eigenvalue weighted by Gasteiger charge is 2.32. The zero-order valence-electron chi connectivity index (χ0n) is 20.2. The van der Waals surface area contributed by atoms with E-state index in [4.69, 9.17) is 21.7 Å². The lowest BCUT2D eigenvalue weighted by Gasteiger charge is -2.18. The van der Waals surface area contributed by atoms with Crippen LogP contribution in [0.1, 0.15) is 35.6 Å². The highest BCUT2D eigenvalue weighted by Crippen LogP contribution is 2.35. The summed E-state index contributed by atoms with van der Waals surface area (Å²) in [4.78, 5) is 27.9. The summed E-state index contributed by atoms with van der Waals surface area (Å²) in [7, 11) is 3.21. The van der Waals surface area contributed by atoms with Gasteiger partial charge >= 0.3 is 0 Å². The quantitative estimate of drug-likeness (QED) is 0.292. The lowest BCUT2D eigenvalue weighted by atomic mass is 10.0. The number of carbonyl (C=O) groups is 1. The molecule has 1 aromatic heterocycles. The second-order valence-corrected chi connectivity index (χ2v) is 9.50. The van der Waals surface area contributed by atoms with Crippen molar-refractivity contribution in [1.82, 2.24) is 9.47 Å². The Labute approximate surface area is 214 Å². The largest absolute Gasteiger partial charge is 0.497 e. The predicted octanol–water partition coefficient (Wildman–Crippen LogP) is 3.81. The molecule has 184 valence electrons. The minimum absolute atomic E-state index is 0.0425. The van der Waals surface area contributed by atoms with Crippen LogP contribution < -0.4 is 15.6 Å². The Kier molecular flexibility index (Phi) is 9.09. The Bertz CT molecular complexity index is 1250. The van der Waals surface area contributed by atoms with Crippen molar-refractivity contribution in [3.05, 3.63) is 61.8 Å². The van der Waals surface area contributed by atoms with E-state index in [1.165, 1.54) is 16.3 Å². The second-order valence-electron chi connectivity index (χ2n) is 7.82. The normalized spacial score (nSPS) is 14.5. The first-order valence-electron chi connectivity index (χ1n) is 11.2. The van der Waals surface area contributed by atoms with E-state index in [1.54, 1.807) is 32.1 Å². The Balaban J connectivity index is 1.95. The summed E-state index contributed by atoms with van der Waals surface area (Å²) in [6, 6.07) is 9.57. The fourth-order valence-electron chi connectivity index (χ4n) is 3.67. The van der Waals surface area contributed by atoms with Gasteiger partial charge in [-0.2, -0.15) is 5.26 Å². The van der Waals surface area contributed by atoms with Gasteiger partial charge in [0, 0.05) is 38.9 Å². The molecule has 1 aliphatic rings. The molecule has 1 amide bonds. The number of hydrogen-bond acceptors (Lipinski definition) is 8. The molecular weight excluding hydrogens is 484 g/mol. The van der Waals surface area contributed by atoms with Crippen LogP contribution in [0.25, 0.3) is 6.08 Å². The summed E-state index contributed by atoms with van der Waals surface area (Å²) < 4.78 is 12.5. The van der Waals surface area contributed by atoms with Crippen molar-refractivity contribution in [1.29, 1.82) is 5.26 Å². The fourth-order valence-corrected chi connectivity index (χ4v) is 4.96. The molecule has 0 unspecified atom stereocenters. The molecule has 1 N–H and O–H groups in total. The number of nitriles is 1. The topological polar surface area (TPSA) is 96.6 Å². The standard InChI is InChI=1S/C25H28N4O4S2/c1-5-33-12-6-11-29-24(31)21(35-25(29)34)13-19-16(2)20(14-26)23(30)28(3)22(19)27-15-17-7-9-18(32-4)10-8-17/h7-10,13,27H,5-6,11-12,15H2,1-4H3/b21-13+. The zero-order valence-corrected chi connectivity index (χ0v) is 21.8. The molecule has 1 fully saturated rings. The maximum atomic E-state index is 13.1. The first kappa shape index (κ1) is 26.5. The smallest absolute Gasteiger partial charge is 0.270 e. The molecule has 0 bridgehead atoms. The molecule has 0 spiro atoms. The van der Waals surface area contributed by atoms with Gasteiger partial charge in [0.1, 0.15) is 27.5 Å². The summed E-state index contributed by atoms with van der Waals surface area (Å²) in [6.07, 6.45) is 2.40. The number of thioether (sulfide) groups is 1. The molecule has 10 heteroatoms. The molecule has 2 aromatic rings. The molecule has 3 rings (SSSR count). The number of rotatable bonds is 10. The van der Waals surface area contributed by atoms with Crippen molar-refractivity contribution < 1.29 is 14.3 Å². The van der Waals surface area contributed by atoms with Gasteiger partial charge in [-0.3, -0.25) is 19.1 Å². The molecule has 1 aromatic carbocycles. The lowest BCUT2D eigenvalue weighted by Crippen LogP contribution is -2.29. The third kappa shape index (κ3) is 5.93. The number of hydrogen-bond donors (Lipinski definition) is 1. The molecular formula is C25H28N4O4S2. The Morgan fingerprint density at radius 2 is 1.97 bits per heavy atom. The van der Waals surface area contributed by atoms with E-state index in [2.05, 4.69) is 5.32 Å². The number of nitrogens with one attached hydrogen (secondary N) is 1. The van der Waals surface area contributed by atoms with E-state index >= 15 is 0 Å². The maximum Gasteiger partial charge on any atom is 0.270 e. The van der Waals surface area contributed by atoms with Crippen LogP contribution in [0.4, 0.5) is 5.82 Å². The number of nitrogens with zero attached hydrogens (tertiary/aromatic N) is 3. The number of aromatic nitrogens is 1. The highest BCUT2D eigenvalue weighted by atomic mass is 32.2. The number of pyridine rings is 1. The van der Waals surface area contributed by atoms with Gasteiger partial charge in [-0.05, 0) is 49.6 Å². The van der Waals surface area contributed by atoms with Crippen LogP contribution in [-0.4, -0.2) is 46.6 Å². The highest BCUT2D eigenvalue weighted by molar-refractivity contribution is 8.26.